The predicted octanol–water partition coefficient (Wildman–Crippen LogP) is 2.64. The van der Waals surface area contributed by atoms with E-state index in [-0.39, 0.29) is 23.7 Å². The maximum absolute atomic E-state index is 13.1. The third-order valence-electron chi connectivity index (χ3n) is 6.29. The average Bonchev–Trinajstić information content (AvgIpc) is 3.53. The molecule has 1 amide bonds. The molecule has 8 nitrogen and oxygen atoms in total. The number of nitrogens with one attached hydrogen (secondary N) is 1. The Morgan fingerprint density at radius 1 is 1.26 bits per heavy atom. The molecule has 1 saturated heterocycles. The van der Waals surface area contributed by atoms with Gasteiger partial charge in [0, 0.05) is 24.2 Å². The average molecular weight is 446 g/mol. The molecule has 1 aromatic heterocycles. The van der Waals surface area contributed by atoms with E-state index in [1.807, 2.05) is 24.3 Å². The minimum Gasteiger partial charge on any atom is -0.464 e. The molecule has 0 spiro atoms. The molecule has 0 radical (unpaired) electrons. The van der Waals surface area contributed by atoms with Gasteiger partial charge in [-0.3, -0.25) is 9.69 Å². The van der Waals surface area contributed by atoms with Crippen LogP contribution in [0.4, 0.5) is 0 Å². The standard InChI is InChI=1S/C22H28ClN5O3/c1-31-22(30)19-14-28(26-25-19)18-12-20(27(13-18)17-7-2-3-8-17)21(29)24-10-9-15-5-4-6-16(23)11-15/h4-6,11,14,17-18,20H,2-3,7-10,12-13H2,1H3,(H,24,29)/t18-,20+/m1/s1. The Morgan fingerprint density at radius 3 is 2.81 bits per heavy atom. The van der Waals surface area contributed by atoms with Crippen LogP contribution in [0.2, 0.25) is 5.02 Å². The van der Waals surface area contributed by atoms with Crippen molar-refractivity contribution in [3.8, 4) is 0 Å². The molecule has 1 aliphatic heterocycles. The summed E-state index contributed by atoms with van der Waals surface area (Å²) in [5.41, 5.74) is 1.28. The highest BCUT2D eigenvalue weighted by Gasteiger charge is 2.42. The van der Waals surface area contributed by atoms with Gasteiger partial charge in [-0.15, -0.1) is 5.10 Å². The van der Waals surface area contributed by atoms with Gasteiger partial charge >= 0.3 is 5.97 Å². The first-order valence-electron chi connectivity index (χ1n) is 10.8. The minimum absolute atomic E-state index is 0.00446. The lowest BCUT2D eigenvalue weighted by Crippen LogP contribution is -2.47. The third kappa shape index (κ3) is 5.07. The zero-order chi connectivity index (χ0) is 21.8. The Morgan fingerprint density at radius 2 is 2.06 bits per heavy atom. The minimum atomic E-state index is -0.507. The molecule has 166 valence electrons. The Labute approximate surface area is 186 Å². The van der Waals surface area contributed by atoms with Crippen LogP contribution < -0.4 is 5.32 Å². The number of hydrogen-bond acceptors (Lipinski definition) is 6. The highest BCUT2D eigenvalue weighted by molar-refractivity contribution is 6.30. The lowest BCUT2D eigenvalue weighted by atomic mass is 10.1. The van der Waals surface area contributed by atoms with Gasteiger partial charge in [0.2, 0.25) is 5.91 Å². The van der Waals surface area contributed by atoms with Crippen molar-refractivity contribution in [3.05, 3.63) is 46.7 Å². The van der Waals surface area contributed by atoms with E-state index < -0.39 is 5.97 Å². The van der Waals surface area contributed by atoms with Crippen molar-refractivity contribution < 1.29 is 14.3 Å². The number of nitrogens with zero attached hydrogens (tertiary/aromatic N) is 4. The molecule has 1 aliphatic carbocycles. The van der Waals surface area contributed by atoms with E-state index >= 15 is 0 Å². The van der Waals surface area contributed by atoms with Gasteiger partial charge in [-0.05, 0) is 43.4 Å². The molecule has 1 N–H and O–H groups in total. The summed E-state index contributed by atoms with van der Waals surface area (Å²) >= 11 is 6.05. The van der Waals surface area contributed by atoms with Crippen molar-refractivity contribution in [1.29, 1.82) is 0 Å². The number of hydrogen-bond donors (Lipinski definition) is 1. The molecule has 2 heterocycles. The largest absolute Gasteiger partial charge is 0.464 e. The molecule has 1 saturated carbocycles. The van der Waals surface area contributed by atoms with Gasteiger partial charge in [0.25, 0.3) is 0 Å². The zero-order valence-corrected chi connectivity index (χ0v) is 18.4. The van der Waals surface area contributed by atoms with Gasteiger partial charge in [0.1, 0.15) is 0 Å². The van der Waals surface area contributed by atoms with Crippen LogP contribution in [0.5, 0.6) is 0 Å². The first-order chi connectivity index (χ1) is 15.0. The smallest absolute Gasteiger partial charge is 0.360 e. The number of aromatic nitrogens is 3. The second kappa shape index (κ2) is 9.78. The SMILES string of the molecule is COC(=O)c1cn([C@@H]2C[C@@H](C(=O)NCCc3cccc(Cl)c3)N(C3CCCC3)C2)nn1. The summed E-state index contributed by atoms with van der Waals surface area (Å²) in [4.78, 5) is 27.2. The van der Waals surface area contributed by atoms with Gasteiger partial charge in [0.05, 0.1) is 25.4 Å². The summed E-state index contributed by atoms with van der Waals surface area (Å²) in [6.45, 7) is 1.29. The Bertz CT molecular complexity index is 927. The molecule has 0 unspecified atom stereocenters. The van der Waals surface area contributed by atoms with Gasteiger partial charge in [-0.1, -0.05) is 41.8 Å². The summed E-state index contributed by atoms with van der Waals surface area (Å²) in [5.74, 6) is -0.461. The van der Waals surface area contributed by atoms with Crippen LogP contribution in [-0.4, -0.2) is 64.1 Å². The summed E-state index contributed by atoms with van der Waals surface area (Å²) in [6.07, 6.45) is 7.62. The molecule has 9 heteroatoms. The van der Waals surface area contributed by atoms with Crippen molar-refractivity contribution in [2.75, 3.05) is 20.2 Å². The van der Waals surface area contributed by atoms with Gasteiger partial charge in [0.15, 0.2) is 5.69 Å². The van der Waals surface area contributed by atoms with Crippen molar-refractivity contribution in [3.63, 3.8) is 0 Å². The van der Waals surface area contributed by atoms with Gasteiger partial charge < -0.3 is 10.1 Å². The van der Waals surface area contributed by atoms with Crippen LogP contribution in [0, 0.1) is 0 Å². The Hall–Kier alpha value is -2.45. The number of likely N-dealkylation sites (tertiary alicyclic amines) is 1. The lowest BCUT2D eigenvalue weighted by molar-refractivity contribution is -0.126. The van der Waals surface area contributed by atoms with E-state index in [2.05, 4.69) is 20.5 Å². The number of benzene rings is 1. The Kier molecular flexibility index (Phi) is 6.87. The van der Waals surface area contributed by atoms with E-state index in [4.69, 9.17) is 16.3 Å². The first-order valence-corrected chi connectivity index (χ1v) is 11.2. The van der Waals surface area contributed by atoms with Crippen LogP contribution in [0.25, 0.3) is 0 Å². The lowest BCUT2D eigenvalue weighted by Gasteiger charge is -2.29. The number of carbonyl (C=O) groups is 2. The molecule has 31 heavy (non-hydrogen) atoms. The number of rotatable bonds is 7. The molecule has 2 atom stereocenters. The number of carbonyl (C=O) groups excluding carboxylic acids is 2. The molecule has 1 aromatic carbocycles. The van der Waals surface area contributed by atoms with Crippen molar-refractivity contribution in [2.45, 2.75) is 56.7 Å². The van der Waals surface area contributed by atoms with Gasteiger partial charge in [-0.25, -0.2) is 9.48 Å². The highest BCUT2D eigenvalue weighted by Crippen LogP contribution is 2.34. The predicted molar refractivity (Wildman–Crippen MR) is 116 cm³/mol. The number of ether oxygens (including phenoxy) is 1. The first kappa shape index (κ1) is 21.8. The molecule has 4 rings (SSSR count). The monoisotopic (exact) mass is 445 g/mol. The van der Waals surface area contributed by atoms with Crippen LogP contribution in [0.3, 0.4) is 0 Å². The fraction of sp³-hybridized carbons (Fsp3) is 0.545. The maximum Gasteiger partial charge on any atom is 0.360 e. The summed E-state index contributed by atoms with van der Waals surface area (Å²) < 4.78 is 6.43. The summed E-state index contributed by atoms with van der Waals surface area (Å²) in [6, 6.07) is 7.90. The van der Waals surface area contributed by atoms with Crippen LogP contribution in [0.15, 0.2) is 30.5 Å². The highest BCUT2D eigenvalue weighted by atomic mass is 35.5. The van der Waals surface area contributed by atoms with Crippen LogP contribution in [0.1, 0.15) is 54.2 Å². The Balaban J connectivity index is 1.41. The van der Waals surface area contributed by atoms with Gasteiger partial charge in [-0.2, -0.15) is 0 Å². The van der Waals surface area contributed by atoms with Crippen LogP contribution >= 0.6 is 11.6 Å². The molecular formula is C22H28ClN5O3. The third-order valence-corrected chi connectivity index (χ3v) is 6.53. The van der Waals surface area contributed by atoms with Crippen molar-refractivity contribution >= 4 is 23.5 Å². The van der Waals surface area contributed by atoms with E-state index in [0.717, 1.165) is 31.4 Å². The summed E-state index contributed by atoms with van der Waals surface area (Å²) in [7, 11) is 1.32. The quantitative estimate of drug-likeness (QED) is 0.659. The molecule has 2 aromatic rings. The summed E-state index contributed by atoms with van der Waals surface area (Å²) in [5, 5.41) is 11.9. The van der Waals surface area contributed by atoms with E-state index in [9.17, 15) is 9.59 Å². The second-order valence-corrected chi connectivity index (χ2v) is 8.72. The molecule has 2 fully saturated rings. The number of esters is 1. The number of amides is 1. The fourth-order valence-corrected chi connectivity index (χ4v) is 4.93. The normalized spacial score (nSPS) is 22.0. The topological polar surface area (TPSA) is 89.4 Å². The number of methoxy groups -OCH3 is 1. The van der Waals surface area contributed by atoms with E-state index in [0.29, 0.717) is 24.0 Å². The maximum atomic E-state index is 13.1. The molecule has 0 bridgehead atoms. The zero-order valence-electron chi connectivity index (χ0n) is 17.7. The van der Waals surface area contributed by atoms with Crippen LogP contribution in [-0.2, 0) is 16.0 Å². The molecule has 2 aliphatic rings. The fourth-order valence-electron chi connectivity index (χ4n) is 4.72. The second-order valence-electron chi connectivity index (χ2n) is 8.29. The number of halogens is 1. The van der Waals surface area contributed by atoms with E-state index in [1.54, 1.807) is 10.9 Å². The van der Waals surface area contributed by atoms with Crippen molar-refractivity contribution in [2.24, 2.45) is 0 Å². The van der Waals surface area contributed by atoms with E-state index in [1.165, 1.54) is 20.0 Å². The van der Waals surface area contributed by atoms with Crippen molar-refractivity contribution in [1.82, 2.24) is 25.2 Å². The molecular weight excluding hydrogens is 418 g/mol.